The van der Waals surface area contributed by atoms with E-state index < -0.39 is 0 Å². The van der Waals surface area contributed by atoms with Gasteiger partial charge in [0, 0.05) is 28.6 Å². The standard InChI is InChI=1S/C24H20N4O2S/c29-23(17-31-22-8-3-5-19-6-4-14-26-24(19)22)28-27-15-18-9-11-21(12-10-18)30-16-20-7-1-2-13-25-20/h1-15H,16-17H2,(H,28,29)/p+1. The summed E-state index contributed by atoms with van der Waals surface area (Å²) in [6.07, 6.45) is 5.23. The van der Waals surface area contributed by atoms with Crippen molar-refractivity contribution in [2.45, 2.75) is 11.5 Å². The SMILES string of the molecule is O=C(CSc1cccc2cccnc12)NN=Cc1ccc(OCc2cccc[nH+]2)cc1. The highest BCUT2D eigenvalue weighted by atomic mass is 32.2. The molecule has 0 spiro atoms. The zero-order chi connectivity index (χ0) is 21.3. The first-order valence-corrected chi connectivity index (χ1v) is 10.7. The Balaban J connectivity index is 1.25. The number of aromatic nitrogens is 2. The first-order chi connectivity index (χ1) is 15.3. The van der Waals surface area contributed by atoms with E-state index in [1.165, 1.54) is 11.8 Å². The van der Waals surface area contributed by atoms with Crippen molar-refractivity contribution in [1.82, 2.24) is 10.4 Å². The molecule has 0 unspecified atom stereocenters. The number of carbonyl (C=O) groups is 1. The Morgan fingerprint density at radius 1 is 1.06 bits per heavy atom. The maximum atomic E-state index is 12.1. The predicted octanol–water partition coefficient (Wildman–Crippen LogP) is 3.87. The molecule has 154 valence electrons. The second-order valence-corrected chi connectivity index (χ2v) is 7.68. The van der Waals surface area contributed by atoms with Gasteiger partial charge in [0.2, 0.25) is 11.6 Å². The first-order valence-electron chi connectivity index (χ1n) is 9.75. The number of nitrogens with zero attached hydrogens (tertiary/aromatic N) is 2. The number of pyridine rings is 2. The van der Waals surface area contributed by atoms with Gasteiger partial charge in [-0.1, -0.05) is 18.2 Å². The molecule has 2 aromatic carbocycles. The number of nitrogens with one attached hydrogen (secondary N) is 2. The van der Waals surface area contributed by atoms with Crippen LogP contribution in [0.4, 0.5) is 0 Å². The minimum Gasteiger partial charge on any atom is -0.483 e. The number of carbonyl (C=O) groups excluding carboxylic acids is 1. The second kappa shape index (κ2) is 10.4. The van der Waals surface area contributed by atoms with E-state index in [4.69, 9.17) is 4.74 Å². The van der Waals surface area contributed by atoms with E-state index in [0.717, 1.165) is 32.8 Å². The minimum atomic E-state index is -0.173. The number of aromatic amines is 1. The highest BCUT2D eigenvalue weighted by molar-refractivity contribution is 8.00. The fraction of sp³-hybridized carbons (Fsp3) is 0.0833. The number of amides is 1. The van der Waals surface area contributed by atoms with Crippen molar-refractivity contribution < 1.29 is 14.5 Å². The predicted molar refractivity (Wildman–Crippen MR) is 122 cm³/mol. The van der Waals surface area contributed by atoms with Gasteiger partial charge in [-0.15, -0.1) is 11.8 Å². The van der Waals surface area contributed by atoms with E-state index in [0.29, 0.717) is 6.61 Å². The summed E-state index contributed by atoms with van der Waals surface area (Å²) in [4.78, 5) is 20.6. The van der Waals surface area contributed by atoms with Crippen LogP contribution in [0.5, 0.6) is 5.75 Å². The van der Waals surface area contributed by atoms with Crippen molar-refractivity contribution >= 4 is 34.8 Å². The van der Waals surface area contributed by atoms with Crippen LogP contribution in [0.2, 0.25) is 0 Å². The first kappa shape index (κ1) is 20.6. The van der Waals surface area contributed by atoms with Crippen molar-refractivity contribution in [2.75, 3.05) is 5.75 Å². The number of rotatable bonds is 8. The van der Waals surface area contributed by atoms with Gasteiger partial charge < -0.3 is 4.74 Å². The molecule has 0 saturated heterocycles. The molecule has 2 N–H and O–H groups in total. The molecule has 0 fully saturated rings. The van der Waals surface area contributed by atoms with Gasteiger partial charge in [-0.3, -0.25) is 9.78 Å². The lowest BCUT2D eigenvalue weighted by Gasteiger charge is -2.05. The molecule has 0 bridgehead atoms. The number of ether oxygens (including phenoxy) is 1. The third-order valence-corrected chi connectivity index (χ3v) is 5.45. The smallest absolute Gasteiger partial charge is 0.250 e. The maximum Gasteiger partial charge on any atom is 0.250 e. The van der Waals surface area contributed by atoms with E-state index in [1.807, 2.05) is 79.0 Å². The summed E-state index contributed by atoms with van der Waals surface area (Å²) in [6.45, 7) is 0.466. The summed E-state index contributed by atoms with van der Waals surface area (Å²) in [5, 5.41) is 5.10. The van der Waals surface area contributed by atoms with Crippen LogP contribution in [0.3, 0.4) is 0 Å². The minimum absolute atomic E-state index is 0.173. The topological polar surface area (TPSA) is 77.7 Å². The van der Waals surface area contributed by atoms with E-state index in [-0.39, 0.29) is 11.7 Å². The molecule has 1 amide bonds. The lowest BCUT2D eigenvalue weighted by molar-refractivity contribution is -0.394. The van der Waals surface area contributed by atoms with Gasteiger partial charge in [0.1, 0.15) is 5.75 Å². The van der Waals surface area contributed by atoms with Crippen molar-refractivity contribution in [3.05, 3.63) is 96.4 Å². The monoisotopic (exact) mass is 429 g/mol. The molecular formula is C24H21N4O2S+. The normalized spacial score (nSPS) is 11.0. The van der Waals surface area contributed by atoms with Crippen LogP contribution >= 0.6 is 11.8 Å². The van der Waals surface area contributed by atoms with E-state index in [1.54, 1.807) is 12.4 Å². The molecule has 0 aliphatic rings. The Hall–Kier alpha value is -3.71. The number of H-pyrrole nitrogens is 1. The highest BCUT2D eigenvalue weighted by Gasteiger charge is 2.06. The Morgan fingerprint density at radius 2 is 1.94 bits per heavy atom. The molecule has 0 atom stereocenters. The average molecular weight is 430 g/mol. The van der Waals surface area contributed by atoms with Crippen LogP contribution in [0, 0.1) is 0 Å². The zero-order valence-corrected chi connectivity index (χ0v) is 17.5. The van der Waals surface area contributed by atoms with Crippen LogP contribution in [0.1, 0.15) is 11.3 Å². The Labute approximate surface area is 184 Å². The molecule has 0 aliphatic heterocycles. The number of para-hydroxylation sites is 1. The van der Waals surface area contributed by atoms with E-state index in [2.05, 4.69) is 20.5 Å². The average Bonchev–Trinajstić information content (AvgIpc) is 2.83. The molecule has 4 aromatic rings. The molecule has 7 heteroatoms. The molecule has 6 nitrogen and oxygen atoms in total. The second-order valence-electron chi connectivity index (χ2n) is 6.66. The largest absolute Gasteiger partial charge is 0.483 e. The van der Waals surface area contributed by atoms with E-state index >= 15 is 0 Å². The van der Waals surface area contributed by atoms with Crippen molar-refractivity contribution in [1.29, 1.82) is 0 Å². The molecular weight excluding hydrogens is 408 g/mol. The Morgan fingerprint density at radius 3 is 2.77 bits per heavy atom. The summed E-state index contributed by atoms with van der Waals surface area (Å²) >= 11 is 1.44. The lowest BCUT2D eigenvalue weighted by atomic mass is 10.2. The summed E-state index contributed by atoms with van der Waals surface area (Å²) in [5.74, 6) is 0.850. The highest BCUT2D eigenvalue weighted by Crippen LogP contribution is 2.25. The van der Waals surface area contributed by atoms with Crippen LogP contribution in [-0.2, 0) is 11.4 Å². The van der Waals surface area contributed by atoms with Gasteiger partial charge in [-0.2, -0.15) is 5.10 Å². The lowest BCUT2D eigenvalue weighted by Crippen LogP contribution is -2.19. The molecule has 0 aliphatic carbocycles. The van der Waals surface area contributed by atoms with Crippen molar-refractivity contribution in [3.63, 3.8) is 0 Å². The molecule has 0 saturated carbocycles. The number of fused-ring (bicyclic) bond motifs is 1. The number of hydrazone groups is 1. The number of benzene rings is 2. The maximum absolute atomic E-state index is 12.1. The van der Waals surface area contributed by atoms with Gasteiger partial charge >= 0.3 is 0 Å². The van der Waals surface area contributed by atoms with Crippen LogP contribution in [-0.4, -0.2) is 22.9 Å². The van der Waals surface area contributed by atoms with Gasteiger partial charge in [0.05, 0.1) is 17.5 Å². The summed E-state index contributed by atoms with van der Waals surface area (Å²) in [7, 11) is 0. The van der Waals surface area contributed by atoms with E-state index in [9.17, 15) is 4.79 Å². The van der Waals surface area contributed by atoms with Gasteiger partial charge in [-0.25, -0.2) is 10.4 Å². The van der Waals surface area contributed by atoms with Crippen molar-refractivity contribution in [3.8, 4) is 5.75 Å². The molecule has 31 heavy (non-hydrogen) atoms. The zero-order valence-electron chi connectivity index (χ0n) is 16.7. The van der Waals surface area contributed by atoms with Gasteiger partial charge in [-0.05, 0) is 48.0 Å². The fourth-order valence-corrected chi connectivity index (χ4v) is 3.71. The Bertz CT molecular complexity index is 1180. The van der Waals surface area contributed by atoms with Gasteiger partial charge in [0.25, 0.3) is 0 Å². The molecule has 2 aromatic heterocycles. The molecule has 2 heterocycles. The quantitative estimate of drug-likeness (QED) is 0.262. The molecule has 0 radical (unpaired) electrons. The number of hydrogen-bond donors (Lipinski definition) is 1. The number of hydrogen-bond acceptors (Lipinski definition) is 5. The van der Waals surface area contributed by atoms with Crippen LogP contribution in [0.25, 0.3) is 10.9 Å². The summed E-state index contributed by atoms with van der Waals surface area (Å²) in [5.41, 5.74) is 5.33. The summed E-state index contributed by atoms with van der Waals surface area (Å²) in [6, 6.07) is 23.2. The van der Waals surface area contributed by atoms with Gasteiger partial charge in [0.15, 0.2) is 12.8 Å². The summed E-state index contributed by atoms with van der Waals surface area (Å²) < 4.78 is 5.74. The van der Waals surface area contributed by atoms with Crippen LogP contribution < -0.4 is 15.1 Å². The number of thioether (sulfide) groups is 1. The third-order valence-electron chi connectivity index (χ3n) is 4.41. The molecule has 4 rings (SSSR count). The Kier molecular flexibility index (Phi) is 6.87. The van der Waals surface area contributed by atoms with Crippen LogP contribution in [0.15, 0.2) is 95.2 Å². The fourth-order valence-electron chi connectivity index (χ4n) is 2.88. The van der Waals surface area contributed by atoms with Crippen molar-refractivity contribution in [2.24, 2.45) is 5.10 Å². The third kappa shape index (κ3) is 5.90.